The average molecular weight is 284 g/mol. The van der Waals surface area contributed by atoms with E-state index in [2.05, 4.69) is 0 Å². The summed E-state index contributed by atoms with van der Waals surface area (Å²) < 4.78 is 5.62. The third kappa shape index (κ3) is 2.81. The number of rotatable bonds is 4. The number of amides is 1. The molecule has 2 saturated heterocycles. The molecule has 2 unspecified atom stereocenters. The second-order valence-corrected chi connectivity index (χ2v) is 5.82. The van der Waals surface area contributed by atoms with E-state index in [-0.39, 0.29) is 18.1 Å². The van der Waals surface area contributed by atoms with Crippen LogP contribution >= 0.6 is 0 Å². The van der Waals surface area contributed by atoms with Crippen LogP contribution in [0.1, 0.15) is 39.0 Å². The Morgan fingerprint density at radius 2 is 2.00 bits per heavy atom. The number of nitrogens with zero attached hydrogens (tertiary/aromatic N) is 1. The highest BCUT2D eigenvalue weighted by Crippen LogP contribution is 2.35. The Morgan fingerprint density at radius 3 is 2.45 bits per heavy atom. The van der Waals surface area contributed by atoms with Gasteiger partial charge in [0.2, 0.25) is 0 Å². The molecule has 6 heteroatoms. The fourth-order valence-electron chi connectivity index (χ4n) is 3.14. The van der Waals surface area contributed by atoms with Gasteiger partial charge in [-0.25, -0.2) is 0 Å². The minimum absolute atomic E-state index is 0.00366. The fraction of sp³-hybridized carbons (Fsp3) is 0.857. The summed E-state index contributed by atoms with van der Waals surface area (Å²) in [6.45, 7) is 3.36. The van der Waals surface area contributed by atoms with Crippen LogP contribution in [-0.4, -0.2) is 53.7 Å². The highest BCUT2D eigenvalue weighted by atomic mass is 16.5. The highest BCUT2D eigenvalue weighted by molar-refractivity contribution is 5.82. The molecule has 0 spiro atoms. The first-order chi connectivity index (χ1) is 9.52. The minimum atomic E-state index is -0.743. The number of carboxylic acid groups (broad SMARTS) is 1. The van der Waals surface area contributed by atoms with E-state index in [0.29, 0.717) is 38.9 Å². The second-order valence-electron chi connectivity index (χ2n) is 5.82. The molecule has 0 aliphatic carbocycles. The molecule has 114 valence electrons. The van der Waals surface area contributed by atoms with Gasteiger partial charge in [0.25, 0.3) is 5.91 Å². The number of carbonyl (C=O) groups excluding carboxylic acids is 1. The van der Waals surface area contributed by atoms with E-state index in [1.165, 1.54) is 0 Å². The Bertz CT molecular complexity index is 377. The molecule has 0 radical (unpaired) electrons. The molecule has 2 aliphatic rings. The summed E-state index contributed by atoms with van der Waals surface area (Å²) in [5.74, 6) is -0.747. The van der Waals surface area contributed by atoms with Crippen molar-refractivity contribution in [1.82, 2.24) is 4.90 Å². The van der Waals surface area contributed by atoms with Gasteiger partial charge in [-0.2, -0.15) is 0 Å². The molecule has 1 amide bonds. The molecule has 0 bridgehead atoms. The van der Waals surface area contributed by atoms with Crippen LogP contribution in [0.25, 0.3) is 0 Å². The summed E-state index contributed by atoms with van der Waals surface area (Å²) in [5, 5.41) is 9.35. The summed E-state index contributed by atoms with van der Waals surface area (Å²) >= 11 is 0. The fourth-order valence-corrected chi connectivity index (χ4v) is 3.14. The number of hydrogen-bond acceptors (Lipinski definition) is 4. The third-order valence-electron chi connectivity index (χ3n) is 4.81. The number of piperidine rings is 1. The SMILES string of the molecule is CCC1(C(=O)O)CCN(C(=O)C2CCC(CN)O2)CC1. The van der Waals surface area contributed by atoms with E-state index in [1.807, 2.05) is 6.92 Å². The molecular formula is C14H24N2O4. The topological polar surface area (TPSA) is 92.9 Å². The normalized spacial score (nSPS) is 29.4. The van der Waals surface area contributed by atoms with Gasteiger partial charge < -0.3 is 20.5 Å². The zero-order valence-corrected chi connectivity index (χ0v) is 12.0. The first kappa shape index (κ1) is 15.3. The van der Waals surface area contributed by atoms with Crippen LogP contribution in [0.15, 0.2) is 0 Å². The third-order valence-corrected chi connectivity index (χ3v) is 4.81. The second kappa shape index (κ2) is 6.10. The van der Waals surface area contributed by atoms with Crippen molar-refractivity contribution in [3.8, 4) is 0 Å². The van der Waals surface area contributed by atoms with E-state index < -0.39 is 11.4 Å². The van der Waals surface area contributed by atoms with Gasteiger partial charge in [0.1, 0.15) is 6.10 Å². The van der Waals surface area contributed by atoms with Crippen LogP contribution in [0.5, 0.6) is 0 Å². The predicted octanol–water partition coefficient (Wildman–Crippen LogP) is 0.596. The standard InChI is InChI=1S/C14H24N2O4/c1-2-14(13(18)19)5-7-16(8-6-14)12(17)11-4-3-10(9-15)20-11/h10-11H,2-9,15H2,1H3,(H,18,19). The largest absolute Gasteiger partial charge is 0.481 e. The zero-order valence-electron chi connectivity index (χ0n) is 12.0. The van der Waals surface area contributed by atoms with Crippen molar-refractivity contribution in [3.63, 3.8) is 0 Å². The lowest BCUT2D eigenvalue weighted by Crippen LogP contribution is -2.49. The van der Waals surface area contributed by atoms with Crippen molar-refractivity contribution in [2.24, 2.45) is 11.1 Å². The molecule has 2 atom stereocenters. The molecular weight excluding hydrogens is 260 g/mol. The Hall–Kier alpha value is -1.14. The molecule has 2 aliphatic heterocycles. The van der Waals surface area contributed by atoms with Crippen molar-refractivity contribution in [3.05, 3.63) is 0 Å². The van der Waals surface area contributed by atoms with Crippen molar-refractivity contribution in [2.75, 3.05) is 19.6 Å². The number of ether oxygens (including phenoxy) is 1. The lowest BCUT2D eigenvalue weighted by Gasteiger charge is -2.39. The average Bonchev–Trinajstić information content (AvgIpc) is 2.95. The van der Waals surface area contributed by atoms with Crippen molar-refractivity contribution < 1.29 is 19.4 Å². The quantitative estimate of drug-likeness (QED) is 0.788. The highest BCUT2D eigenvalue weighted by Gasteiger charge is 2.42. The van der Waals surface area contributed by atoms with E-state index in [4.69, 9.17) is 10.5 Å². The lowest BCUT2D eigenvalue weighted by atomic mass is 9.76. The number of nitrogens with two attached hydrogens (primary N) is 1. The smallest absolute Gasteiger partial charge is 0.309 e. The number of carboxylic acids is 1. The van der Waals surface area contributed by atoms with Gasteiger partial charge in [0.05, 0.1) is 11.5 Å². The molecule has 6 nitrogen and oxygen atoms in total. The van der Waals surface area contributed by atoms with Crippen LogP contribution in [0.4, 0.5) is 0 Å². The van der Waals surface area contributed by atoms with E-state index in [9.17, 15) is 14.7 Å². The van der Waals surface area contributed by atoms with E-state index >= 15 is 0 Å². The Labute approximate surface area is 119 Å². The molecule has 0 saturated carbocycles. The maximum Gasteiger partial charge on any atom is 0.309 e. The molecule has 0 aromatic rings. The first-order valence-electron chi connectivity index (χ1n) is 7.40. The van der Waals surface area contributed by atoms with Crippen LogP contribution in [0, 0.1) is 5.41 Å². The van der Waals surface area contributed by atoms with Crippen molar-refractivity contribution >= 4 is 11.9 Å². The Kier molecular flexibility index (Phi) is 4.65. The number of hydrogen-bond donors (Lipinski definition) is 2. The molecule has 2 fully saturated rings. The van der Waals surface area contributed by atoms with Gasteiger partial charge in [-0.15, -0.1) is 0 Å². The summed E-state index contributed by atoms with van der Waals surface area (Å²) in [5.41, 5.74) is 4.89. The minimum Gasteiger partial charge on any atom is -0.481 e. The maximum atomic E-state index is 12.3. The van der Waals surface area contributed by atoms with Gasteiger partial charge in [0, 0.05) is 19.6 Å². The Morgan fingerprint density at radius 1 is 1.35 bits per heavy atom. The number of aliphatic carboxylic acids is 1. The zero-order chi connectivity index (χ0) is 14.8. The molecule has 0 aromatic heterocycles. The summed E-state index contributed by atoms with van der Waals surface area (Å²) in [6, 6.07) is 0. The van der Waals surface area contributed by atoms with E-state index in [0.717, 1.165) is 12.8 Å². The van der Waals surface area contributed by atoms with Gasteiger partial charge in [-0.1, -0.05) is 6.92 Å². The summed E-state index contributed by atoms with van der Waals surface area (Å²) in [7, 11) is 0. The lowest BCUT2D eigenvalue weighted by molar-refractivity contribution is -0.157. The van der Waals surface area contributed by atoms with Crippen LogP contribution < -0.4 is 5.73 Å². The monoisotopic (exact) mass is 284 g/mol. The van der Waals surface area contributed by atoms with Gasteiger partial charge in [-0.05, 0) is 32.1 Å². The number of likely N-dealkylation sites (tertiary alicyclic amines) is 1. The Balaban J connectivity index is 1.90. The molecule has 2 heterocycles. The number of carbonyl (C=O) groups is 2. The van der Waals surface area contributed by atoms with Gasteiger partial charge in [0.15, 0.2) is 0 Å². The van der Waals surface area contributed by atoms with Crippen LogP contribution in [0.3, 0.4) is 0 Å². The molecule has 20 heavy (non-hydrogen) atoms. The van der Waals surface area contributed by atoms with Gasteiger partial charge in [-0.3, -0.25) is 9.59 Å². The van der Waals surface area contributed by atoms with Gasteiger partial charge >= 0.3 is 5.97 Å². The summed E-state index contributed by atoms with van der Waals surface area (Å²) in [4.78, 5) is 25.5. The van der Waals surface area contributed by atoms with Crippen molar-refractivity contribution in [2.45, 2.75) is 51.2 Å². The first-order valence-corrected chi connectivity index (χ1v) is 7.40. The molecule has 3 N–H and O–H groups in total. The summed E-state index contributed by atoms with van der Waals surface area (Å²) in [6.07, 6.45) is 2.81. The molecule has 0 aromatic carbocycles. The predicted molar refractivity (Wildman–Crippen MR) is 73.1 cm³/mol. The van der Waals surface area contributed by atoms with Crippen LogP contribution in [-0.2, 0) is 14.3 Å². The van der Waals surface area contributed by atoms with Crippen LogP contribution in [0.2, 0.25) is 0 Å². The van der Waals surface area contributed by atoms with Crippen molar-refractivity contribution in [1.29, 1.82) is 0 Å². The van der Waals surface area contributed by atoms with E-state index in [1.54, 1.807) is 4.90 Å². The molecule has 2 rings (SSSR count). The maximum absolute atomic E-state index is 12.3.